The average molecular weight is 300 g/mol. The Balaban J connectivity index is 1.94. The van der Waals surface area contributed by atoms with Gasteiger partial charge in [0, 0.05) is 17.5 Å². The second-order valence-corrected chi connectivity index (χ2v) is 5.35. The molecule has 0 N–H and O–H groups in total. The highest BCUT2D eigenvalue weighted by Gasteiger charge is 2.33. The first-order chi connectivity index (χ1) is 10.7. The summed E-state index contributed by atoms with van der Waals surface area (Å²) >= 11 is 0. The minimum absolute atomic E-state index is 0.0160. The van der Waals surface area contributed by atoms with E-state index in [9.17, 15) is 0 Å². The molecule has 0 radical (unpaired) electrons. The lowest BCUT2D eigenvalue weighted by atomic mass is 9.92. The van der Waals surface area contributed by atoms with E-state index < -0.39 is 0 Å². The second-order valence-electron chi connectivity index (χ2n) is 5.35. The predicted octanol–water partition coefficient (Wildman–Crippen LogP) is 3.95. The fourth-order valence-corrected chi connectivity index (χ4v) is 2.89. The lowest BCUT2D eigenvalue weighted by Crippen LogP contribution is -2.07. The van der Waals surface area contributed by atoms with Gasteiger partial charge in [-0.3, -0.25) is 0 Å². The highest BCUT2D eigenvalue weighted by Crippen LogP contribution is 2.49. The Labute approximate surface area is 130 Å². The van der Waals surface area contributed by atoms with Crippen molar-refractivity contribution in [2.24, 2.45) is 0 Å². The largest absolute Gasteiger partial charge is 0.497 e. The molecule has 4 heteroatoms. The van der Waals surface area contributed by atoms with Gasteiger partial charge in [-0.05, 0) is 23.8 Å². The van der Waals surface area contributed by atoms with Crippen molar-refractivity contribution in [1.29, 1.82) is 0 Å². The SMILES string of the molecule is COc1ccc([C@H]2Oc3cc(OC)c(OC)cc3[C@@H]2C)cc1. The van der Waals surface area contributed by atoms with Crippen LogP contribution in [0.4, 0.5) is 0 Å². The normalized spacial score (nSPS) is 19.3. The third-order valence-corrected chi connectivity index (χ3v) is 4.16. The molecule has 2 aromatic rings. The van der Waals surface area contributed by atoms with Crippen molar-refractivity contribution in [3.63, 3.8) is 0 Å². The van der Waals surface area contributed by atoms with Crippen LogP contribution in [0.2, 0.25) is 0 Å². The third kappa shape index (κ3) is 2.34. The molecule has 3 rings (SSSR count). The quantitative estimate of drug-likeness (QED) is 0.856. The molecular formula is C18H20O4. The van der Waals surface area contributed by atoms with E-state index in [1.54, 1.807) is 21.3 Å². The van der Waals surface area contributed by atoms with Crippen molar-refractivity contribution < 1.29 is 18.9 Å². The van der Waals surface area contributed by atoms with E-state index in [-0.39, 0.29) is 12.0 Å². The summed E-state index contributed by atoms with van der Waals surface area (Å²) in [5, 5.41) is 0. The highest BCUT2D eigenvalue weighted by atomic mass is 16.5. The summed E-state index contributed by atoms with van der Waals surface area (Å²) in [4.78, 5) is 0. The zero-order valence-electron chi connectivity index (χ0n) is 13.3. The molecule has 0 spiro atoms. The van der Waals surface area contributed by atoms with Gasteiger partial charge in [0.05, 0.1) is 21.3 Å². The van der Waals surface area contributed by atoms with Crippen LogP contribution in [0.3, 0.4) is 0 Å². The fraction of sp³-hybridized carbons (Fsp3) is 0.333. The van der Waals surface area contributed by atoms with E-state index in [1.165, 1.54) is 0 Å². The summed E-state index contributed by atoms with van der Waals surface area (Å²) < 4.78 is 22.1. The topological polar surface area (TPSA) is 36.9 Å². The lowest BCUT2D eigenvalue weighted by Gasteiger charge is -2.16. The minimum atomic E-state index is -0.0160. The number of benzene rings is 2. The fourth-order valence-electron chi connectivity index (χ4n) is 2.89. The zero-order chi connectivity index (χ0) is 15.7. The second kappa shape index (κ2) is 5.79. The van der Waals surface area contributed by atoms with Crippen LogP contribution in [0.15, 0.2) is 36.4 Å². The summed E-state index contributed by atoms with van der Waals surface area (Å²) in [6, 6.07) is 11.9. The Morgan fingerprint density at radius 3 is 2.09 bits per heavy atom. The molecular weight excluding hydrogens is 280 g/mol. The first kappa shape index (κ1) is 14.6. The summed E-state index contributed by atoms with van der Waals surface area (Å²) in [5.41, 5.74) is 2.26. The molecule has 0 saturated carbocycles. The molecule has 1 heterocycles. The van der Waals surface area contributed by atoms with Crippen LogP contribution in [0.1, 0.15) is 30.1 Å². The molecule has 0 amide bonds. The van der Waals surface area contributed by atoms with E-state index in [4.69, 9.17) is 18.9 Å². The number of ether oxygens (including phenoxy) is 4. The molecule has 0 saturated heterocycles. The number of fused-ring (bicyclic) bond motifs is 1. The van der Waals surface area contributed by atoms with Crippen molar-refractivity contribution in [2.75, 3.05) is 21.3 Å². The molecule has 1 aliphatic heterocycles. The van der Waals surface area contributed by atoms with Gasteiger partial charge in [-0.2, -0.15) is 0 Å². The van der Waals surface area contributed by atoms with Gasteiger partial charge in [-0.15, -0.1) is 0 Å². The summed E-state index contributed by atoms with van der Waals surface area (Å²) in [5.74, 6) is 3.35. The minimum Gasteiger partial charge on any atom is -0.497 e. The van der Waals surface area contributed by atoms with E-state index >= 15 is 0 Å². The van der Waals surface area contributed by atoms with Gasteiger partial charge >= 0.3 is 0 Å². The summed E-state index contributed by atoms with van der Waals surface area (Å²) in [6.07, 6.45) is -0.0160. The standard InChI is InChI=1S/C18H20O4/c1-11-14-9-16(20-3)17(21-4)10-15(14)22-18(11)12-5-7-13(19-2)8-6-12/h5-11,18H,1-4H3/t11-,18-/m0/s1. The molecule has 4 nitrogen and oxygen atoms in total. The van der Waals surface area contributed by atoms with Gasteiger partial charge in [0.15, 0.2) is 11.5 Å². The van der Waals surface area contributed by atoms with E-state index in [1.807, 2.05) is 36.4 Å². The number of methoxy groups -OCH3 is 3. The van der Waals surface area contributed by atoms with E-state index in [2.05, 4.69) is 6.92 Å². The molecule has 2 aromatic carbocycles. The van der Waals surface area contributed by atoms with Crippen LogP contribution in [-0.2, 0) is 0 Å². The summed E-state index contributed by atoms with van der Waals surface area (Å²) in [7, 11) is 4.94. The average Bonchev–Trinajstić information content (AvgIpc) is 2.89. The molecule has 0 aliphatic carbocycles. The molecule has 2 atom stereocenters. The number of hydrogen-bond acceptors (Lipinski definition) is 4. The molecule has 22 heavy (non-hydrogen) atoms. The predicted molar refractivity (Wildman–Crippen MR) is 84.3 cm³/mol. The van der Waals surface area contributed by atoms with Gasteiger partial charge in [0.1, 0.15) is 17.6 Å². The number of rotatable bonds is 4. The Kier molecular flexibility index (Phi) is 3.84. The van der Waals surface area contributed by atoms with Crippen molar-refractivity contribution in [2.45, 2.75) is 18.9 Å². The Morgan fingerprint density at radius 1 is 0.864 bits per heavy atom. The van der Waals surface area contributed by atoms with Gasteiger partial charge in [-0.1, -0.05) is 19.1 Å². The summed E-state index contributed by atoms with van der Waals surface area (Å²) in [6.45, 7) is 2.16. The molecule has 0 fully saturated rings. The van der Waals surface area contributed by atoms with Crippen LogP contribution in [0.25, 0.3) is 0 Å². The maximum Gasteiger partial charge on any atom is 0.164 e. The molecule has 116 valence electrons. The molecule has 0 bridgehead atoms. The van der Waals surface area contributed by atoms with Crippen LogP contribution in [-0.4, -0.2) is 21.3 Å². The smallest absolute Gasteiger partial charge is 0.164 e. The Morgan fingerprint density at radius 2 is 1.50 bits per heavy atom. The number of hydrogen-bond donors (Lipinski definition) is 0. The van der Waals surface area contributed by atoms with Crippen molar-refractivity contribution in [3.05, 3.63) is 47.5 Å². The maximum atomic E-state index is 6.14. The van der Waals surface area contributed by atoms with Crippen molar-refractivity contribution in [3.8, 4) is 23.0 Å². The van der Waals surface area contributed by atoms with Crippen molar-refractivity contribution >= 4 is 0 Å². The lowest BCUT2D eigenvalue weighted by molar-refractivity contribution is 0.215. The third-order valence-electron chi connectivity index (χ3n) is 4.16. The van der Waals surface area contributed by atoms with Crippen LogP contribution in [0.5, 0.6) is 23.0 Å². The van der Waals surface area contributed by atoms with Gasteiger partial charge in [0.2, 0.25) is 0 Å². The van der Waals surface area contributed by atoms with Crippen LogP contribution >= 0.6 is 0 Å². The van der Waals surface area contributed by atoms with Crippen molar-refractivity contribution in [1.82, 2.24) is 0 Å². The van der Waals surface area contributed by atoms with E-state index in [0.717, 1.165) is 28.4 Å². The van der Waals surface area contributed by atoms with Gasteiger partial charge in [0.25, 0.3) is 0 Å². The first-order valence-electron chi connectivity index (χ1n) is 7.24. The highest BCUT2D eigenvalue weighted by molar-refractivity contribution is 5.54. The van der Waals surface area contributed by atoms with Crippen LogP contribution < -0.4 is 18.9 Å². The Hall–Kier alpha value is -2.36. The molecule has 0 aromatic heterocycles. The Bertz CT molecular complexity index is 664. The monoisotopic (exact) mass is 300 g/mol. The maximum absolute atomic E-state index is 6.14. The van der Waals surface area contributed by atoms with Gasteiger partial charge in [-0.25, -0.2) is 0 Å². The molecule has 0 unspecified atom stereocenters. The molecule has 1 aliphatic rings. The first-order valence-corrected chi connectivity index (χ1v) is 7.24. The zero-order valence-corrected chi connectivity index (χ0v) is 13.3. The van der Waals surface area contributed by atoms with Crippen LogP contribution in [0, 0.1) is 0 Å². The van der Waals surface area contributed by atoms with Gasteiger partial charge < -0.3 is 18.9 Å². The van der Waals surface area contributed by atoms with E-state index in [0.29, 0.717) is 5.75 Å².